The van der Waals surface area contributed by atoms with E-state index in [4.69, 9.17) is 4.74 Å². The molecule has 0 amide bonds. The third-order valence-corrected chi connectivity index (χ3v) is 3.81. The van der Waals surface area contributed by atoms with Crippen LogP contribution in [-0.2, 0) is 4.74 Å². The lowest BCUT2D eigenvalue weighted by atomic mass is 9.90. The Kier molecular flexibility index (Phi) is 4.94. The quantitative estimate of drug-likeness (QED) is 0.772. The van der Waals surface area contributed by atoms with Gasteiger partial charge in [0.25, 0.3) is 0 Å². The van der Waals surface area contributed by atoms with E-state index in [0.717, 1.165) is 19.1 Å². The molecule has 1 atom stereocenters. The lowest BCUT2D eigenvalue weighted by Gasteiger charge is -2.25. The SMILES string of the molecule is C1CCC(COCC2CCCCN2)CC1. The van der Waals surface area contributed by atoms with E-state index < -0.39 is 0 Å². The van der Waals surface area contributed by atoms with Gasteiger partial charge < -0.3 is 10.1 Å². The summed E-state index contributed by atoms with van der Waals surface area (Å²) in [6.45, 7) is 3.14. The Balaban J connectivity index is 1.53. The van der Waals surface area contributed by atoms with Gasteiger partial charge in [-0.25, -0.2) is 0 Å². The van der Waals surface area contributed by atoms with Crippen molar-refractivity contribution in [2.45, 2.75) is 57.4 Å². The zero-order valence-corrected chi connectivity index (χ0v) is 9.84. The Hall–Kier alpha value is -0.0800. The lowest BCUT2D eigenvalue weighted by molar-refractivity contribution is 0.0643. The van der Waals surface area contributed by atoms with Crippen LogP contribution in [0.5, 0.6) is 0 Å². The topological polar surface area (TPSA) is 21.3 Å². The summed E-state index contributed by atoms with van der Waals surface area (Å²) < 4.78 is 5.85. The zero-order valence-electron chi connectivity index (χ0n) is 9.84. The number of hydrogen-bond acceptors (Lipinski definition) is 2. The van der Waals surface area contributed by atoms with E-state index >= 15 is 0 Å². The summed E-state index contributed by atoms with van der Waals surface area (Å²) in [6.07, 6.45) is 11.1. The molecule has 1 heterocycles. The molecule has 1 unspecified atom stereocenters. The van der Waals surface area contributed by atoms with Crippen molar-refractivity contribution in [2.24, 2.45) is 5.92 Å². The molecule has 1 N–H and O–H groups in total. The van der Waals surface area contributed by atoms with Gasteiger partial charge in [-0.05, 0) is 38.1 Å². The minimum atomic E-state index is 0.641. The third-order valence-electron chi connectivity index (χ3n) is 3.81. The highest BCUT2D eigenvalue weighted by atomic mass is 16.5. The predicted octanol–water partition coefficient (Wildman–Crippen LogP) is 2.73. The normalized spacial score (nSPS) is 29.2. The number of rotatable bonds is 4. The van der Waals surface area contributed by atoms with Crippen molar-refractivity contribution in [1.29, 1.82) is 0 Å². The first-order valence-electron chi connectivity index (χ1n) is 6.76. The van der Waals surface area contributed by atoms with E-state index in [0.29, 0.717) is 6.04 Å². The van der Waals surface area contributed by atoms with Crippen LogP contribution in [0.4, 0.5) is 0 Å². The van der Waals surface area contributed by atoms with Gasteiger partial charge in [0.05, 0.1) is 6.61 Å². The van der Waals surface area contributed by atoms with Crippen LogP contribution in [-0.4, -0.2) is 25.8 Å². The molecule has 0 radical (unpaired) electrons. The Labute approximate surface area is 93.8 Å². The summed E-state index contributed by atoms with van der Waals surface area (Å²) in [5, 5.41) is 3.53. The van der Waals surface area contributed by atoms with Crippen molar-refractivity contribution >= 4 is 0 Å². The summed E-state index contributed by atoms with van der Waals surface area (Å²) >= 11 is 0. The van der Waals surface area contributed by atoms with Crippen LogP contribution in [0.2, 0.25) is 0 Å². The van der Waals surface area contributed by atoms with E-state index in [-0.39, 0.29) is 0 Å². The number of nitrogens with one attached hydrogen (secondary N) is 1. The maximum atomic E-state index is 5.85. The van der Waals surface area contributed by atoms with Gasteiger partial charge in [-0.1, -0.05) is 25.7 Å². The van der Waals surface area contributed by atoms with Crippen LogP contribution in [0.25, 0.3) is 0 Å². The molecule has 88 valence electrons. The van der Waals surface area contributed by atoms with Crippen molar-refractivity contribution < 1.29 is 4.74 Å². The summed E-state index contributed by atoms with van der Waals surface area (Å²) in [6, 6.07) is 0.641. The minimum absolute atomic E-state index is 0.641. The van der Waals surface area contributed by atoms with Crippen LogP contribution >= 0.6 is 0 Å². The third kappa shape index (κ3) is 4.12. The first-order chi connectivity index (χ1) is 7.45. The van der Waals surface area contributed by atoms with Crippen LogP contribution < -0.4 is 5.32 Å². The highest BCUT2D eigenvalue weighted by Crippen LogP contribution is 2.23. The molecule has 2 heteroatoms. The first-order valence-corrected chi connectivity index (χ1v) is 6.76. The van der Waals surface area contributed by atoms with E-state index in [1.165, 1.54) is 57.9 Å². The average Bonchev–Trinajstić information content (AvgIpc) is 2.32. The average molecular weight is 211 g/mol. The second-order valence-corrected chi connectivity index (χ2v) is 5.19. The number of ether oxygens (including phenoxy) is 1. The van der Waals surface area contributed by atoms with E-state index in [1.807, 2.05) is 0 Å². The van der Waals surface area contributed by atoms with Crippen LogP contribution in [0.3, 0.4) is 0 Å². The molecule has 1 saturated carbocycles. The van der Waals surface area contributed by atoms with Crippen molar-refractivity contribution in [3.05, 3.63) is 0 Å². The predicted molar refractivity (Wildman–Crippen MR) is 63.0 cm³/mol. The molecule has 1 aliphatic carbocycles. The van der Waals surface area contributed by atoms with Crippen molar-refractivity contribution in [3.8, 4) is 0 Å². The second kappa shape index (κ2) is 6.49. The largest absolute Gasteiger partial charge is 0.380 e. The van der Waals surface area contributed by atoms with Crippen molar-refractivity contribution in [2.75, 3.05) is 19.8 Å². The molecule has 0 aromatic rings. The molecule has 1 saturated heterocycles. The minimum Gasteiger partial charge on any atom is -0.380 e. The molecule has 0 spiro atoms. The highest BCUT2D eigenvalue weighted by molar-refractivity contribution is 4.72. The number of hydrogen-bond donors (Lipinski definition) is 1. The van der Waals surface area contributed by atoms with Crippen LogP contribution in [0.15, 0.2) is 0 Å². The fourth-order valence-electron chi connectivity index (χ4n) is 2.80. The molecule has 2 rings (SSSR count). The Morgan fingerprint density at radius 2 is 1.67 bits per heavy atom. The lowest BCUT2D eigenvalue weighted by Crippen LogP contribution is -2.38. The summed E-state index contributed by atoms with van der Waals surface area (Å²) in [4.78, 5) is 0. The fourth-order valence-corrected chi connectivity index (χ4v) is 2.80. The van der Waals surface area contributed by atoms with Gasteiger partial charge in [0, 0.05) is 12.6 Å². The van der Waals surface area contributed by atoms with Gasteiger partial charge in [-0.15, -0.1) is 0 Å². The van der Waals surface area contributed by atoms with E-state index in [1.54, 1.807) is 0 Å². The van der Waals surface area contributed by atoms with Gasteiger partial charge in [0.2, 0.25) is 0 Å². The van der Waals surface area contributed by atoms with Crippen LogP contribution in [0, 0.1) is 5.92 Å². The smallest absolute Gasteiger partial charge is 0.0619 e. The van der Waals surface area contributed by atoms with Gasteiger partial charge in [0.1, 0.15) is 0 Å². The van der Waals surface area contributed by atoms with E-state index in [9.17, 15) is 0 Å². The number of piperidine rings is 1. The standard InChI is InChI=1S/C13H25NO/c1-2-6-12(7-3-1)10-15-11-13-8-4-5-9-14-13/h12-14H,1-11H2. The zero-order chi connectivity index (χ0) is 10.3. The van der Waals surface area contributed by atoms with Crippen molar-refractivity contribution in [1.82, 2.24) is 5.32 Å². The maximum Gasteiger partial charge on any atom is 0.0619 e. The van der Waals surface area contributed by atoms with Crippen LogP contribution in [0.1, 0.15) is 51.4 Å². The Morgan fingerprint density at radius 1 is 0.867 bits per heavy atom. The molecule has 0 aromatic carbocycles. The molecule has 0 aromatic heterocycles. The van der Waals surface area contributed by atoms with Gasteiger partial charge in [0.15, 0.2) is 0 Å². The highest BCUT2D eigenvalue weighted by Gasteiger charge is 2.16. The maximum absolute atomic E-state index is 5.85. The van der Waals surface area contributed by atoms with Crippen molar-refractivity contribution in [3.63, 3.8) is 0 Å². The molecule has 2 aliphatic rings. The van der Waals surface area contributed by atoms with Gasteiger partial charge in [-0.3, -0.25) is 0 Å². The molecule has 15 heavy (non-hydrogen) atoms. The van der Waals surface area contributed by atoms with Gasteiger partial charge >= 0.3 is 0 Å². The first kappa shape index (κ1) is 11.4. The molecule has 2 nitrogen and oxygen atoms in total. The molecule has 0 bridgehead atoms. The summed E-state index contributed by atoms with van der Waals surface area (Å²) in [7, 11) is 0. The summed E-state index contributed by atoms with van der Waals surface area (Å²) in [5.41, 5.74) is 0. The fraction of sp³-hybridized carbons (Fsp3) is 1.00. The molecular weight excluding hydrogens is 186 g/mol. The second-order valence-electron chi connectivity index (χ2n) is 5.19. The summed E-state index contributed by atoms with van der Waals surface area (Å²) in [5.74, 6) is 0.863. The molecule has 1 aliphatic heterocycles. The molecule has 2 fully saturated rings. The van der Waals surface area contributed by atoms with Gasteiger partial charge in [-0.2, -0.15) is 0 Å². The van der Waals surface area contributed by atoms with E-state index in [2.05, 4.69) is 5.32 Å². The Bertz CT molecular complexity index is 142. The molecular formula is C13H25NO. The Morgan fingerprint density at radius 3 is 2.40 bits per heavy atom. The monoisotopic (exact) mass is 211 g/mol.